The van der Waals surface area contributed by atoms with Gasteiger partial charge in [-0.1, -0.05) is 13.3 Å². The van der Waals surface area contributed by atoms with Crippen LogP contribution in [0.15, 0.2) is 0 Å². The van der Waals surface area contributed by atoms with Gasteiger partial charge in [-0.05, 0) is 45.7 Å². The molecule has 2 rings (SSSR count). The summed E-state index contributed by atoms with van der Waals surface area (Å²) >= 11 is 0. The Balaban J connectivity index is 1.83. The molecule has 0 radical (unpaired) electrons. The predicted molar refractivity (Wildman–Crippen MR) is 71.3 cm³/mol. The summed E-state index contributed by atoms with van der Waals surface area (Å²) in [5, 5.41) is 3.44. The zero-order valence-electron chi connectivity index (χ0n) is 11.5. The lowest BCUT2D eigenvalue weighted by atomic mass is 9.95. The zero-order valence-corrected chi connectivity index (χ0v) is 11.5. The Morgan fingerprint density at radius 2 is 2.24 bits per heavy atom. The summed E-state index contributed by atoms with van der Waals surface area (Å²) in [5.74, 6) is 0. The van der Waals surface area contributed by atoms with E-state index in [0.29, 0.717) is 12.1 Å². The van der Waals surface area contributed by atoms with E-state index in [9.17, 15) is 0 Å². The molecule has 100 valence electrons. The second-order valence-electron chi connectivity index (χ2n) is 5.58. The van der Waals surface area contributed by atoms with Crippen LogP contribution in [0.2, 0.25) is 0 Å². The monoisotopic (exact) mass is 240 g/mol. The molecule has 2 saturated heterocycles. The van der Waals surface area contributed by atoms with Crippen LogP contribution in [0.25, 0.3) is 0 Å². The van der Waals surface area contributed by atoms with Gasteiger partial charge in [0.2, 0.25) is 0 Å². The van der Waals surface area contributed by atoms with Crippen molar-refractivity contribution in [1.29, 1.82) is 0 Å². The Morgan fingerprint density at radius 1 is 1.35 bits per heavy atom. The number of nitrogens with one attached hydrogen (secondary N) is 1. The summed E-state index contributed by atoms with van der Waals surface area (Å²) in [5.41, 5.74) is 0. The van der Waals surface area contributed by atoms with Crippen molar-refractivity contribution in [3.8, 4) is 0 Å². The number of rotatable bonds is 4. The molecule has 2 fully saturated rings. The highest BCUT2D eigenvalue weighted by atomic mass is 16.5. The van der Waals surface area contributed by atoms with Gasteiger partial charge in [0, 0.05) is 25.2 Å². The number of hydrogen-bond donors (Lipinski definition) is 1. The van der Waals surface area contributed by atoms with Crippen LogP contribution in [-0.2, 0) is 4.74 Å². The average molecular weight is 240 g/mol. The Morgan fingerprint density at radius 3 is 3.00 bits per heavy atom. The van der Waals surface area contributed by atoms with Gasteiger partial charge in [-0.25, -0.2) is 0 Å². The van der Waals surface area contributed by atoms with E-state index in [1.54, 1.807) is 0 Å². The molecule has 0 amide bonds. The third-order valence-electron chi connectivity index (χ3n) is 4.33. The Bertz CT molecular complexity index is 220. The van der Waals surface area contributed by atoms with Gasteiger partial charge < -0.3 is 10.1 Å². The van der Waals surface area contributed by atoms with Crippen molar-refractivity contribution < 1.29 is 4.74 Å². The number of hydrogen-bond acceptors (Lipinski definition) is 3. The minimum Gasteiger partial charge on any atom is -0.378 e. The van der Waals surface area contributed by atoms with Crippen molar-refractivity contribution in [3.63, 3.8) is 0 Å². The lowest BCUT2D eigenvalue weighted by molar-refractivity contribution is -0.0363. The van der Waals surface area contributed by atoms with Crippen LogP contribution >= 0.6 is 0 Å². The fourth-order valence-corrected chi connectivity index (χ4v) is 3.29. The van der Waals surface area contributed by atoms with Gasteiger partial charge in [-0.2, -0.15) is 0 Å². The van der Waals surface area contributed by atoms with E-state index in [1.165, 1.54) is 51.6 Å². The molecule has 0 aromatic carbocycles. The molecule has 3 heteroatoms. The maximum atomic E-state index is 5.85. The fraction of sp³-hybridized carbons (Fsp3) is 1.00. The summed E-state index contributed by atoms with van der Waals surface area (Å²) in [4.78, 5) is 2.70. The summed E-state index contributed by atoms with van der Waals surface area (Å²) in [7, 11) is 2.10. The fourth-order valence-electron chi connectivity index (χ4n) is 3.29. The summed E-state index contributed by atoms with van der Waals surface area (Å²) < 4.78 is 5.85. The minimum atomic E-state index is 0.522. The van der Waals surface area contributed by atoms with Crippen LogP contribution in [0.1, 0.15) is 45.4 Å². The van der Waals surface area contributed by atoms with Gasteiger partial charge in [0.15, 0.2) is 0 Å². The topological polar surface area (TPSA) is 24.5 Å². The summed E-state index contributed by atoms with van der Waals surface area (Å²) in [6.45, 7) is 5.75. The largest absolute Gasteiger partial charge is 0.378 e. The van der Waals surface area contributed by atoms with E-state index in [1.807, 2.05) is 0 Å². The molecule has 0 bridgehead atoms. The minimum absolute atomic E-state index is 0.522. The predicted octanol–water partition coefficient (Wildman–Crippen LogP) is 2.02. The van der Waals surface area contributed by atoms with Crippen molar-refractivity contribution in [2.45, 2.75) is 63.6 Å². The highest BCUT2D eigenvalue weighted by molar-refractivity contribution is 4.85. The molecule has 0 aromatic heterocycles. The first-order chi connectivity index (χ1) is 8.33. The van der Waals surface area contributed by atoms with E-state index in [-0.39, 0.29) is 0 Å². The second kappa shape index (κ2) is 6.72. The second-order valence-corrected chi connectivity index (χ2v) is 5.58. The molecule has 17 heavy (non-hydrogen) atoms. The molecule has 2 aliphatic rings. The van der Waals surface area contributed by atoms with Gasteiger partial charge >= 0.3 is 0 Å². The first kappa shape index (κ1) is 13.3. The molecule has 2 heterocycles. The molecule has 1 N–H and O–H groups in total. The third-order valence-corrected chi connectivity index (χ3v) is 4.33. The maximum absolute atomic E-state index is 5.85. The molecule has 0 saturated carbocycles. The molecule has 0 aliphatic carbocycles. The highest BCUT2D eigenvalue weighted by Gasteiger charge is 2.29. The van der Waals surface area contributed by atoms with E-state index >= 15 is 0 Å². The van der Waals surface area contributed by atoms with Crippen molar-refractivity contribution in [2.24, 2.45) is 0 Å². The SMILES string of the molecule is CCCC1CC(N2CCCC(NC)C2)CCO1. The normalized spacial score (nSPS) is 36.0. The van der Waals surface area contributed by atoms with Gasteiger partial charge in [-0.15, -0.1) is 0 Å². The quantitative estimate of drug-likeness (QED) is 0.813. The van der Waals surface area contributed by atoms with E-state index < -0.39 is 0 Å². The summed E-state index contributed by atoms with van der Waals surface area (Å²) in [6.07, 6.45) is 8.18. The first-order valence-electron chi connectivity index (χ1n) is 7.36. The van der Waals surface area contributed by atoms with Crippen molar-refractivity contribution in [1.82, 2.24) is 10.2 Å². The van der Waals surface area contributed by atoms with Crippen LogP contribution in [0.5, 0.6) is 0 Å². The lowest BCUT2D eigenvalue weighted by Crippen LogP contribution is -2.51. The van der Waals surface area contributed by atoms with E-state index in [4.69, 9.17) is 4.74 Å². The molecule has 0 aromatic rings. The van der Waals surface area contributed by atoms with Crippen LogP contribution in [0.3, 0.4) is 0 Å². The van der Waals surface area contributed by atoms with Crippen LogP contribution in [0, 0.1) is 0 Å². The zero-order chi connectivity index (χ0) is 12.1. The molecule has 3 atom stereocenters. The number of ether oxygens (including phenoxy) is 1. The Labute approximate surface area is 106 Å². The molecular formula is C14H28N2O. The molecule has 2 aliphatic heterocycles. The smallest absolute Gasteiger partial charge is 0.0590 e. The van der Waals surface area contributed by atoms with E-state index in [2.05, 4.69) is 24.2 Å². The third kappa shape index (κ3) is 3.67. The lowest BCUT2D eigenvalue weighted by Gasteiger charge is -2.41. The van der Waals surface area contributed by atoms with E-state index in [0.717, 1.165) is 12.6 Å². The van der Waals surface area contributed by atoms with Crippen LogP contribution in [-0.4, -0.2) is 49.8 Å². The van der Waals surface area contributed by atoms with Crippen LogP contribution in [0.4, 0.5) is 0 Å². The number of nitrogens with zero attached hydrogens (tertiary/aromatic N) is 1. The van der Waals surface area contributed by atoms with Crippen molar-refractivity contribution in [3.05, 3.63) is 0 Å². The van der Waals surface area contributed by atoms with Crippen molar-refractivity contribution >= 4 is 0 Å². The van der Waals surface area contributed by atoms with Gasteiger partial charge in [-0.3, -0.25) is 4.90 Å². The van der Waals surface area contributed by atoms with Gasteiger partial charge in [0.25, 0.3) is 0 Å². The van der Waals surface area contributed by atoms with Gasteiger partial charge in [0.05, 0.1) is 6.10 Å². The number of piperidine rings is 1. The first-order valence-corrected chi connectivity index (χ1v) is 7.36. The molecule has 3 nitrogen and oxygen atoms in total. The average Bonchev–Trinajstić information content (AvgIpc) is 2.40. The standard InChI is InChI=1S/C14H28N2O/c1-3-5-14-10-13(7-9-17-14)16-8-4-6-12(11-16)15-2/h12-15H,3-11H2,1-2H3. The Kier molecular flexibility index (Phi) is 5.26. The number of likely N-dealkylation sites (N-methyl/N-ethyl adjacent to an activating group) is 1. The Hall–Kier alpha value is -0.120. The van der Waals surface area contributed by atoms with Gasteiger partial charge in [0.1, 0.15) is 0 Å². The van der Waals surface area contributed by atoms with Crippen molar-refractivity contribution in [2.75, 3.05) is 26.7 Å². The highest BCUT2D eigenvalue weighted by Crippen LogP contribution is 2.24. The summed E-state index contributed by atoms with van der Waals surface area (Å²) in [6, 6.07) is 1.48. The number of likely N-dealkylation sites (tertiary alicyclic amines) is 1. The molecule has 3 unspecified atom stereocenters. The molecule has 0 spiro atoms. The van der Waals surface area contributed by atoms with Crippen LogP contribution < -0.4 is 5.32 Å². The molecular weight excluding hydrogens is 212 g/mol. The maximum Gasteiger partial charge on any atom is 0.0590 e.